The van der Waals surface area contributed by atoms with Crippen LogP contribution in [0.1, 0.15) is 35.3 Å². The van der Waals surface area contributed by atoms with Gasteiger partial charge in [-0.3, -0.25) is 14.9 Å². The van der Waals surface area contributed by atoms with Gasteiger partial charge in [-0.1, -0.05) is 23.5 Å². The van der Waals surface area contributed by atoms with Gasteiger partial charge < -0.3 is 15.0 Å². The molecule has 7 nitrogen and oxygen atoms in total. The Bertz CT molecular complexity index is 796. The second-order valence-corrected chi connectivity index (χ2v) is 7.71. The molecule has 8 heteroatoms. The Hall–Kier alpha value is -2.29. The van der Waals surface area contributed by atoms with Crippen LogP contribution in [0, 0.1) is 10.1 Å². The molecule has 0 bridgehead atoms. The molecule has 0 aliphatic carbocycles. The fourth-order valence-corrected chi connectivity index (χ4v) is 3.92. The lowest BCUT2D eigenvalue weighted by Crippen LogP contribution is -2.48. The number of hydrogen-bond acceptors (Lipinski definition) is 6. The molecule has 1 saturated heterocycles. The van der Waals surface area contributed by atoms with Crippen molar-refractivity contribution in [2.45, 2.75) is 39.1 Å². The standard InChI is InChI=1S/C19H23N3O4S/c1-13-10-21(11-14(2)26-13)19(23)17-5-3-15(4-6-17)8-20-9-16-7-18(22(24)25)27-12-16/h3-7,12-14,20H,8-11H2,1-2H3. The Labute approximate surface area is 162 Å². The van der Waals surface area contributed by atoms with Crippen LogP contribution in [-0.4, -0.2) is 41.0 Å². The van der Waals surface area contributed by atoms with E-state index in [9.17, 15) is 14.9 Å². The topological polar surface area (TPSA) is 84.7 Å². The lowest BCUT2D eigenvalue weighted by atomic mass is 10.1. The number of hydrogen-bond donors (Lipinski definition) is 1. The molecule has 0 radical (unpaired) electrons. The van der Waals surface area contributed by atoms with Crippen molar-refractivity contribution in [2.24, 2.45) is 0 Å². The fraction of sp³-hybridized carbons (Fsp3) is 0.421. The summed E-state index contributed by atoms with van der Waals surface area (Å²) in [6, 6.07) is 9.15. The van der Waals surface area contributed by atoms with Gasteiger partial charge in [0, 0.05) is 43.2 Å². The van der Waals surface area contributed by atoms with Crippen molar-refractivity contribution >= 4 is 22.2 Å². The second-order valence-electron chi connectivity index (χ2n) is 6.82. The summed E-state index contributed by atoms with van der Waals surface area (Å²) in [4.78, 5) is 24.8. The number of carbonyl (C=O) groups is 1. The van der Waals surface area contributed by atoms with Gasteiger partial charge >= 0.3 is 5.00 Å². The molecular weight excluding hydrogens is 366 g/mol. The van der Waals surface area contributed by atoms with E-state index in [2.05, 4.69) is 5.32 Å². The third kappa shape index (κ3) is 5.12. The molecule has 144 valence electrons. The molecular formula is C19H23N3O4S. The van der Waals surface area contributed by atoms with Crippen LogP contribution in [0.2, 0.25) is 0 Å². The summed E-state index contributed by atoms with van der Waals surface area (Å²) >= 11 is 1.13. The molecule has 1 aromatic heterocycles. The lowest BCUT2D eigenvalue weighted by Gasteiger charge is -2.35. The van der Waals surface area contributed by atoms with Crippen LogP contribution < -0.4 is 5.32 Å². The van der Waals surface area contributed by atoms with Gasteiger partial charge in [0.15, 0.2) is 0 Å². The van der Waals surface area contributed by atoms with E-state index in [4.69, 9.17) is 4.74 Å². The molecule has 1 aromatic carbocycles. The quantitative estimate of drug-likeness (QED) is 0.606. The zero-order valence-electron chi connectivity index (χ0n) is 15.4. The van der Waals surface area contributed by atoms with E-state index < -0.39 is 0 Å². The monoisotopic (exact) mass is 389 g/mol. The molecule has 2 atom stereocenters. The molecule has 2 unspecified atom stereocenters. The second kappa shape index (κ2) is 8.60. The fourth-order valence-electron chi connectivity index (χ4n) is 3.19. The number of rotatable bonds is 6. The maximum atomic E-state index is 12.7. The van der Waals surface area contributed by atoms with E-state index >= 15 is 0 Å². The van der Waals surface area contributed by atoms with Gasteiger partial charge in [0.25, 0.3) is 5.91 Å². The first kappa shape index (κ1) is 19.5. The Morgan fingerprint density at radius 1 is 1.22 bits per heavy atom. The van der Waals surface area contributed by atoms with Gasteiger partial charge in [-0.05, 0) is 37.1 Å². The van der Waals surface area contributed by atoms with E-state index in [0.717, 1.165) is 22.5 Å². The summed E-state index contributed by atoms with van der Waals surface area (Å²) in [6.07, 6.45) is 0.100. The molecule has 2 heterocycles. The molecule has 0 spiro atoms. The van der Waals surface area contributed by atoms with Gasteiger partial charge in [0.05, 0.1) is 17.1 Å². The van der Waals surface area contributed by atoms with Crippen LogP contribution in [0.25, 0.3) is 0 Å². The molecule has 3 rings (SSSR count). The molecule has 1 aliphatic rings. The summed E-state index contributed by atoms with van der Waals surface area (Å²) in [5.41, 5.74) is 2.63. The lowest BCUT2D eigenvalue weighted by molar-refractivity contribution is -0.380. The molecule has 1 fully saturated rings. The maximum absolute atomic E-state index is 12.7. The highest BCUT2D eigenvalue weighted by molar-refractivity contribution is 7.13. The van der Waals surface area contributed by atoms with Crippen molar-refractivity contribution in [3.05, 3.63) is 62.5 Å². The van der Waals surface area contributed by atoms with Crippen molar-refractivity contribution in [3.8, 4) is 0 Å². The van der Waals surface area contributed by atoms with E-state index in [0.29, 0.717) is 31.7 Å². The first-order valence-electron chi connectivity index (χ1n) is 8.88. The number of carbonyl (C=O) groups excluding carboxylic acids is 1. The number of nitrogens with one attached hydrogen (secondary N) is 1. The Morgan fingerprint density at radius 3 is 2.44 bits per heavy atom. The van der Waals surface area contributed by atoms with Crippen molar-refractivity contribution in [3.63, 3.8) is 0 Å². The number of morpholine rings is 1. The van der Waals surface area contributed by atoms with Crippen LogP contribution in [0.15, 0.2) is 35.7 Å². The zero-order chi connectivity index (χ0) is 19.4. The number of nitro groups is 1. The SMILES string of the molecule is CC1CN(C(=O)c2ccc(CNCc3csc([N+](=O)[O-])c3)cc2)CC(C)O1. The Kier molecular flexibility index (Phi) is 6.20. The van der Waals surface area contributed by atoms with Crippen molar-refractivity contribution < 1.29 is 14.5 Å². The number of thiophene rings is 1. The van der Waals surface area contributed by atoms with Gasteiger partial charge in [0.2, 0.25) is 0 Å². The van der Waals surface area contributed by atoms with Gasteiger partial charge in [-0.2, -0.15) is 0 Å². The molecule has 1 N–H and O–H groups in total. The van der Waals surface area contributed by atoms with Gasteiger partial charge in [-0.15, -0.1) is 0 Å². The average Bonchev–Trinajstić information content (AvgIpc) is 3.10. The van der Waals surface area contributed by atoms with Gasteiger partial charge in [-0.25, -0.2) is 0 Å². The summed E-state index contributed by atoms with van der Waals surface area (Å²) in [7, 11) is 0. The van der Waals surface area contributed by atoms with Gasteiger partial charge in [0.1, 0.15) is 0 Å². The van der Waals surface area contributed by atoms with Crippen LogP contribution >= 0.6 is 11.3 Å². The van der Waals surface area contributed by atoms with Crippen LogP contribution in [0.3, 0.4) is 0 Å². The summed E-state index contributed by atoms with van der Waals surface area (Å²) in [5.74, 6) is 0.0297. The largest absolute Gasteiger partial charge is 0.372 e. The summed E-state index contributed by atoms with van der Waals surface area (Å²) < 4.78 is 5.68. The molecule has 27 heavy (non-hydrogen) atoms. The van der Waals surface area contributed by atoms with Crippen LogP contribution in [-0.2, 0) is 17.8 Å². The average molecular weight is 389 g/mol. The number of nitrogens with zero attached hydrogens (tertiary/aromatic N) is 2. The predicted molar refractivity (Wildman–Crippen MR) is 104 cm³/mol. The van der Waals surface area contributed by atoms with Crippen LogP contribution in [0.4, 0.5) is 5.00 Å². The minimum absolute atomic E-state index is 0.0297. The minimum atomic E-state index is -0.375. The third-order valence-corrected chi connectivity index (χ3v) is 5.31. The summed E-state index contributed by atoms with van der Waals surface area (Å²) in [5, 5.41) is 15.9. The molecule has 0 saturated carbocycles. The number of ether oxygens (including phenoxy) is 1. The highest BCUT2D eigenvalue weighted by atomic mass is 32.1. The van der Waals surface area contributed by atoms with E-state index in [1.807, 2.05) is 43.0 Å². The first-order valence-corrected chi connectivity index (χ1v) is 9.76. The van der Waals surface area contributed by atoms with E-state index in [-0.39, 0.29) is 28.0 Å². The normalized spacial score (nSPS) is 19.9. The minimum Gasteiger partial charge on any atom is -0.372 e. The first-order chi connectivity index (χ1) is 12.9. The maximum Gasteiger partial charge on any atom is 0.324 e. The Balaban J connectivity index is 1.52. The van der Waals surface area contributed by atoms with Crippen LogP contribution in [0.5, 0.6) is 0 Å². The van der Waals surface area contributed by atoms with E-state index in [1.54, 1.807) is 11.4 Å². The van der Waals surface area contributed by atoms with Crippen molar-refractivity contribution in [2.75, 3.05) is 13.1 Å². The number of benzene rings is 1. The highest BCUT2D eigenvalue weighted by Crippen LogP contribution is 2.22. The zero-order valence-corrected chi connectivity index (χ0v) is 16.2. The molecule has 2 aromatic rings. The molecule has 1 aliphatic heterocycles. The van der Waals surface area contributed by atoms with Crippen molar-refractivity contribution in [1.29, 1.82) is 0 Å². The third-order valence-electron chi connectivity index (χ3n) is 4.39. The van der Waals surface area contributed by atoms with E-state index in [1.165, 1.54) is 0 Å². The number of amides is 1. The smallest absolute Gasteiger partial charge is 0.324 e. The highest BCUT2D eigenvalue weighted by Gasteiger charge is 2.26. The Morgan fingerprint density at radius 2 is 1.85 bits per heavy atom. The molecule has 1 amide bonds. The summed E-state index contributed by atoms with van der Waals surface area (Å²) in [6.45, 7) is 6.37. The predicted octanol–water partition coefficient (Wildman–Crippen LogP) is 3.20. The van der Waals surface area contributed by atoms with Crippen molar-refractivity contribution in [1.82, 2.24) is 10.2 Å².